The molecule has 0 unspecified atom stereocenters. The second-order valence-electron chi connectivity index (χ2n) is 6.68. The number of carbonyl (C=O) groups excluding carboxylic acids is 1. The molecule has 0 saturated carbocycles. The third-order valence-electron chi connectivity index (χ3n) is 4.68. The first kappa shape index (κ1) is 21.3. The average Bonchev–Trinajstić information content (AvgIpc) is 2.75. The van der Waals surface area contributed by atoms with Crippen LogP contribution in [-0.4, -0.2) is 51.5 Å². The number of ether oxygens (including phenoxy) is 2. The summed E-state index contributed by atoms with van der Waals surface area (Å²) in [6.45, 7) is 3.85. The zero-order valence-electron chi connectivity index (χ0n) is 16.5. The van der Waals surface area contributed by atoms with Gasteiger partial charge in [-0.2, -0.15) is 4.31 Å². The molecule has 1 saturated heterocycles. The normalized spacial score (nSPS) is 15.1. The van der Waals surface area contributed by atoms with Gasteiger partial charge >= 0.3 is 0 Å². The van der Waals surface area contributed by atoms with E-state index in [9.17, 15) is 13.2 Å². The fourth-order valence-electron chi connectivity index (χ4n) is 2.95. The van der Waals surface area contributed by atoms with E-state index in [4.69, 9.17) is 9.47 Å². The van der Waals surface area contributed by atoms with Crippen molar-refractivity contribution in [2.75, 3.05) is 38.2 Å². The van der Waals surface area contributed by atoms with E-state index in [0.717, 1.165) is 12.2 Å². The van der Waals surface area contributed by atoms with Crippen molar-refractivity contribution < 1.29 is 22.7 Å². The van der Waals surface area contributed by atoms with E-state index in [2.05, 4.69) is 12.2 Å². The quantitative estimate of drug-likeness (QED) is 0.712. The van der Waals surface area contributed by atoms with Crippen molar-refractivity contribution in [1.82, 2.24) is 4.31 Å². The molecule has 0 aromatic heterocycles. The van der Waals surface area contributed by atoms with Crippen molar-refractivity contribution in [2.24, 2.45) is 0 Å². The number of aryl methyl sites for hydroxylation is 1. The fourth-order valence-corrected chi connectivity index (χ4v) is 4.36. The van der Waals surface area contributed by atoms with E-state index in [-0.39, 0.29) is 23.8 Å². The number of carbonyl (C=O) groups is 1. The van der Waals surface area contributed by atoms with Crippen molar-refractivity contribution in [2.45, 2.75) is 24.7 Å². The topological polar surface area (TPSA) is 84.9 Å². The largest absolute Gasteiger partial charge is 0.493 e. The molecule has 2 aromatic carbocycles. The minimum atomic E-state index is -3.54. The van der Waals surface area contributed by atoms with Crippen LogP contribution in [0.15, 0.2) is 53.4 Å². The number of anilines is 1. The summed E-state index contributed by atoms with van der Waals surface area (Å²) in [5.41, 5.74) is 1.78. The zero-order valence-corrected chi connectivity index (χ0v) is 17.3. The standard InChI is InChI=1S/C21H26N2O5S/c1-2-17-3-7-19(8-4-17)28-14-11-21(24)22-18-5-9-20(10-6-18)29(25,26)23-12-15-27-16-13-23/h3-10H,2,11-16H2,1H3,(H,22,24). The van der Waals surface area contributed by atoms with Crippen molar-refractivity contribution in [3.63, 3.8) is 0 Å². The lowest BCUT2D eigenvalue weighted by Crippen LogP contribution is -2.40. The number of hydrogen-bond acceptors (Lipinski definition) is 5. The molecule has 1 fully saturated rings. The van der Waals surface area contributed by atoms with Gasteiger partial charge in [0.15, 0.2) is 0 Å². The van der Waals surface area contributed by atoms with Crippen LogP contribution in [0.3, 0.4) is 0 Å². The number of nitrogens with one attached hydrogen (secondary N) is 1. The van der Waals surface area contributed by atoms with Gasteiger partial charge in [0.2, 0.25) is 15.9 Å². The molecule has 1 N–H and O–H groups in total. The first-order valence-electron chi connectivity index (χ1n) is 9.68. The summed E-state index contributed by atoms with van der Waals surface area (Å²) >= 11 is 0. The number of hydrogen-bond donors (Lipinski definition) is 1. The molecule has 0 radical (unpaired) electrons. The van der Waals surface area contributed by atoms with Crippen LogP contribution in [0.5, 0.6) is 5.75 Å². The molecule has 29 heavy (non-hydrogen) atoms. The molecule has 2 aromatic rings. The highest BCUT2D eigenvalue weighted by molar-refractivity contribution is 7.89. The summed E-state index contributed by atoms with van der Waals surface area (Å²) in [6, 6.07) is 14.0. The predicted molar refractivity (Wildman–Crippen MR) is 111 cm³/mol. The van der Waals surface area contributed by atoms with Gasteiger partial charge in [-0.15, -0.1) is 0 Å². The van der Waals surface area contributed by atoms with Crippen molar-refractivity contribution in [1.29, 1.82) is 0 Å². The minimum absolute atomic E-state index is 0.195. The van der Waals surface area contributed by atoms with Gasteiger partial charge in [0.1, 0.15) is 5.75 Å². The maximum Gasteiger partial charge on any atom is 0.243 e. The predicted octanol–water partition coefficient (Wildman–Crippen LogP) is 2.68. The first-order chi connectivity index (χ1) is 14.0. The van der Waals surface area contributed by atoms with Crippen molar-refractivity contribution >= 4 is 21.6 Å². The SMILES string of the molecule is CCc1ccc(OCCC(=O)Nc2ccc(S(=O)(=O)N3CCOCC3)cc2)cc1. The summed E-state index contributed by atoms with van der Waals surface area (Å²) in [7, 11) is -3.54. The lowest BCUT2D eigenvalue weighted by Gasteiger charge is -2.26. The highest BCUT2D eigenvalue weighted by Crippen LogP contribution is 2.19. The lowest BCUT2D eigenvalue weighted by molar-refractivity contribution is -0.116. The van der Waals surface area contributed by atoms with Gasteiger partial charge in [0.25, 0.3) is 0 Å². The van der Waals surface area contributed by atoms with E-state index in [0.29, 0.717) is 32.0 Å². The molecule has 0 bridgehead atoms. The maximum atomic E-state index is 12.6. The van der Waals surface area contributed by atoms with Crippen LogP contribution < -0.4 is 10.1 Å². The van der Waals surface area contributed by atoms with Gasteiger partial charge in [0.05, 0.1) is 31.1 Å². The Balaban J connectivity index is 1.49. The second kappa shape index (κ2) is 9.87. The molecule has 8 heteroatoms. The summed E-state index contributed by atoms with van der Waals surface area (Å²) in [5.74, 6) is 0.534. The second-order valence-corrected chi connectivity index (χ2v) is 8.62. The minimum Gasteiger partial charge on any atom is -0.493 e. The van der Waals surface area contributed by atoms with Crippen LogP contribution >= 0.6 is 0 Å². The molecule has 0 atom stereocenters. The molecular formula is C21H26N2O5S. The Labute approximate surface area is 171 Å². The van der Waals surface area contributed by atoms with E-state index < -0.39 is 10.0 Å². The van der Waals surface area contributed by atoms with E-state index in [1.165, 1.54) is 22.0 Å². The molecule has 0 aliphatic carbocycles. The van der Waals surface area contributed by atoms with Crippen molar-refractivity contribution in [3.05, 3.63) is 54.1 Å². The Bertz CT molecular complexity index is 905. The van der Waals surface area contributed by atoms with Gasteiger partial charge in [-0.1, -0.05) is 19.1 Å². The van der Waals surface area contributed by atoms with Crippen molar-refractivity contribution in [3.8, 4) is 5.75 Å². The molecule has 3 rings (SSSR count). The average molecular weight is 419 g/mol. The summed E-state index contributed by atoms with van der Waals surface area (Å²) in [5, 5.41) is 2.76. The van der Waals surface area contributed by atoms with Gasteiger partial charge < -0.3 is 14.8 Å². The fraction of sp³-hybridized carbons (Fsp3) is 0.381. The van der Waals surface area contributed by atoms with Crippen LogP contribution in [-0.2, 0) is 26.0 Å². The highest BCUT2D eigenvalue weighted by atomic mass is 32.2. The Morgan fingerprint density at radius 3 is 2.34 bits per heavy atom. The molecule has 156 valence electrons. The number of morpholine rings is 1. The smallest absolute Gasteiger partial charge is 0.243 e. The van der Waals surface area contributed by atoms with E-state index in [1.54, 1.807) is 12.1 Å². The molecule has 1 aliphatic rings. The molecule has 1 heterocycles. The molecule has 1 aliphatic heterocycles. The summed E-state index contributed by atoms with van der Waals surface area (Å²) in [4.78, 5) is 12.3. The van der Waals surface area contributed by atoms with Crippen LogP contribution in [0.25, 0.3) is 0 Å². The summed E-state index contributed by atoms with van der Waals surface area (Å²) < 4.78 is 37.4. The van der Waals surface area contributed by atoms with Crippen LogP contribution in [0.2, 0.25) is 0 Å². The van der Waals surface area contributed by atoms with Gasteiger partial charge in [0, 0.05) is 18.8 Å². The van der Waals surface area contributed by atoms with E-state index in [1.807, 2.05) is 24.3 Å². The first-order valence-corrected chi connectivity index (χ1v) is 11.1. The number of sulfonamides is 1. The Kier molecular flexibility index (Phi) is 7.24. The molecule has 0 spiro atoms. The van der Waals surface area contributed by atoms with Gasteiger partial charge in [-0.05, 0) is 48.4 Å². The maximum absolute atomic E-state index is 12.6. The van der Waals surface area contributed by atoms with Gasteiger partial charge in [-0.25, -0.2) is 8.42 Å². The third kappa shape index (κ3) is 5.79. The zero-order chi connectivity index (χ0) is 20.7. The highest BCUT2D eigenvalue weighted by Gasteiger charge is 2.26. The number of benzene rings is 2. The summed E-state index contributed by atoms with van der Waals surface area (Å²) in [6.07, 6.45) is 1.17. The van der Waals surface area contributed by atoms with Gasteiger partial charge in [-0.3, -0.25) is 4.79 Å². The molecular weight excluding hydrogens is 392 g/mol. The molecule has 7 nitrogen and oxygen atoms in total. The number of nitrogens with zero attached hydrogens (tertiary/aromatic N) is 1. The van der Waals surface area contributed by atoms with Crippen LogP contribution in [0, 0.1) is 0 Å². The van der Waals surface area contributed by atoms with E-state index >= 15 is 0 Å². The monoisotopic (exact) mass is 418 g/mol. The van der Waals surface area contributed by atoms with Crippen LogP contribution in [0.1, 0.15) is 18.9 Å². The third-order valence-corrected chi connectivity index (χ3v) is 6.59. The molecule has 1 amide bonds. The van der Waals surface area contributed by atoms with Crippen LogP contribution in [0.4, 0.5) is 5.69 Å². The number of rotatable bonds is 8. The lowest BCUT2D eigenvalue weighted by atomic mass is 10.2. The number of amides is 1. The Morgan fingerprint density at radius 1 is 1.07 bits per heavy atom. The Hall–Kier alpha value is -2.42. The Morgan fingerprint density at radius 2 is 1.72 bits per heavy atom.